The van der Waals surface area contributed by atoms with E-state index in [0.717, 1.165) is 56.0 Å². The Balaban J connectivity index is 1.66. The largest absolute Gasteiger partial charge is 0.384 e. The molecule has 0 saturated carbocycles. The topological polar surface area (TPSA) is 95.6 Å². The maximum atomic E-state index is 5.87. The number of nitrogen functional groups attached to an aromatic ring is 1. The van der Waals surface area contributed by atoms with E-state index in [1.165, 1.54) is 0 Å². The van der Waals surface area contributed by atoms with E-state index in [4.69, 9.17) is 20.2 Å². The summed E-state index contributed by atoms with van der Waals surface area (Å²) in [5, 5.41) is 4.15. The van der Waals surface area contributed by atoms with E-state index in [9.17, 15) is 0 Å². The molecule has 0 fully saturated rings. The van der Waals surface area contributed by atoms with Crippen LogP contribution in [0.15, 0.2) is 96.0 Å². The van der Waals surface area contributed by atoms with Crippen molar-refractivity contribution >= 4 is 16.9 Å². The normalized spacial score (nSPS) is 12.2. The SMILES string of the molecule is Cc1noc(C)c1-c1cnc2c(-c3ccc(N)nc3)cn(C(c3ccccc3)c3ccccn3)c2c1. The molecule has 6 rings (SSSR count). The highest BCUT2D eigenvalue weighted by atomic mass is 16.5. The van der Waals surface area contributed by atoms with E-state index in [2.05, 4.69) is 57.3 Å². The van der Waals surface area contributed by atoms with E-state index in [0.29, 0.717) is 5.82 Å². The molecule has 1 unspecified atom stereocenters. The molecule has 0 radical (unpaired) electrons. The van der Waals surface area contributed by atoms with Gasteiger partial charge < -0.3 is 14.8 Å². The van der Waals surface area contributed by atoms with Gasteiger partial charge >= 0.3 is 0 Å². The zero-order valence-corrected chi connectivity index (χ0v) is 20.0. The molecule has 36 heavy (non-hydrogen) atoms. The molecule has 7 heteroatoms. The molecule has 0 saturated heterocycles. The van der Waals surface area contributed by atoms with Crippen LogP contribution in [0.3, 0.4) is 0 Å². The van der Waals surface area contributed by atoms with Crippen LogP contribution in [0.2, 0.25) is 0 Å². The minimum absolute atomic E-state index is 0.160. The zero-order chi connectivity index (χ0) is 24.6. The Morgan fingerprint density at radius 3 is 2.36 bits per heavy atom. The summed E-state index contributed by atoms with van der Waals surface area (Å²) in [4.78, 5) is 14.0. The van der Waals surface area contributed by atoms with Gasteiger partial charge in [0.25, 0.3) is 0 Å². The molecule has 1 aromatic carbocycles. The summed E-state index contributed by atoms with van der Waals surface area (Å²) < 4.78 is 7.69. The summed E-state index contributed by atoms with van der Waals surface area (Å²) in [5.41, 5.74) is 14.4. The van der Waals surface area contributed by atoms with Gasteiger partial charge in [0, 0.05) is 47.0 Å². The summed E-state index contributed by atoms with van der Waals surface area (Å²) in [6.45, 7) is 3.87. The number of nitrogens with zero attached hydrogens (tertiary/aromatic N) is 5. The molecular weight excluding hydrogens is 448 g/mol. The molecule has 5 heterocycles. The lowest BCUT2D eigenvalue weighted by atomic mass is 10.0. The molecule has 0 amide bonds. The summed E-state index contributed by atoms with van der Waals surface area (Å²) >= 11 is 0. The third-order valence-electron chi connectivity index (χ3n) is 6.45. The van der Waals surface area contributed by atoms with Crippen LogP contribution in [-0.2, 0) is 0 Å². The number of aromatic nitrogens is 5. The van der Waals surface area contributed by atoms with Crippen molar-refractivity contribution < 1.29 is 4.52 Å². The van der Waals surface area contributed by atoms with Crippen molar-refractivity contribution in [3.8, 4) is 22.3 Å². The first-order valence-electron chi connectivity index (χ1n) is 11.7. The average molecular weight is 473 g/mol. The van der Waals surface area contributed by atoms with Gasteiger partial charge in [-0.1, -0.05) is 41.6 Å². The molecule has 0 aliphatic carbocycles. The van der Waals surface area contributed by atoms with Gasteiger partial charge in [0.2, 0.25) is 0 Å². The Morgan fingerprint density at radius 1 is 0.861 bits per heavy atom. The summed E-state index contributed by atoms with van der Waals surface area (Å²) in [7, 11) is 0. The second-order valence-corrected chi connectivity index (χ2v) is 8.78. The van der Waals surface area contributed by atoms with Crippen molar-refractivity contribution in [3.05, 3.63) is 114 Å². The molecule has 7 nitrogen and oxygen atoms in total. The van der Waals surface area contributed by atoms with Crippen molar-refractivity contribution in [3.63, 3.8) is 0 Å². The van der Waals surface area contributed by atoms with Gasteiger partial charge in [-0.25, -0.2) is 4.98 Å². The van der Waals surface area contributed by atoms with E-state index in [1.54, 1.807) is 6.20 Å². The number of benzene rings is 1. The zero-order valence-electron chi connectivity index (χ0n) is 20.0. The van der Waals surface area contributed by atoms with Crippen LogP contribution in [0, 0.1) is 13.8 Å². The Kier molecular flexibility index (Phi) is 5.30. The van der Waals surface area contributed by atoms with Gasteiger partial charge in [-0.2, -0.15) is 0 Å². The number of pyridine rings is 3. The Hall–Kier alpha value is -4.78. The molecule has 1 atom stereocenters. The maximum Gasteiger partial charge on any atom is 0.141 e. The van der Waals surface area contributed by atoms with Crippen LogP contribution in [0.5, 0.6) is 0 Å². The lowest BCUT2D eigenvalue weighted by Crippen LogP contribution is -2.13. The van der Waals surface area contributed by atoms with E-state index in [-0.39, 0.29) is 6.04 Å². The first-order valence-corrected chi connectivity index (χ1v) is 11.7. The number of nitrogens with two attached hydrogens (primary N) is 1. The standard InChI is InChI=1S/C29H24N6O/c1-18-27(19(2)36-34-18)22-14-25-28(33-16-22)23(21-11-12-26(30)32-15-21)17-35(25)29(20-8-4-3-5-9-20)24-10-6-7-13-31-24/h3-17,29H,1-2H3,(H2,30,32). The van der Waals surface area contributed by atoms with Gasteiger partial charge in [-0.15, -0.1) is 0 Å². The highest BCUT2D eigenvalue weighted by Gasteiger charge is 2.24. The van der Waals surface area contributed by atoms with E-state index in [1.807, 2.05) is 56.6 Å². The molecule has 0 aliphatic rings. The lowest BCUT2D eigenvalue weighted by molar-refractivity contribution is 0.393. The van der Waals surface area contributed by atoms with Gasteiger partial charge in [0.05, 0.1) is 22.4 Å². The number of fused-ring (bicyclic) bond motifs is 1. The van der Waals surface area contributed by atoms with Gasteiger partial charge in [0.1, 0.15) is 17.6 Å². The molecule has 176 valence electrons. The summed E-state index contributed by atoms with van der Waals surface area (Å²) in [6, 6.07) is 22.2. The maximum absolute atomic E-state index is 5.87. The first kappa shape index (κ1) is 21.7. The number of hydrogen-bond acceptors (Lipinski definition) is 6. The van der Waals surface area contributed by atoms with Crippen LogP contribution >= 0.6 is 0 Å². The van der Waals surface area contributed by atoms with Crippen LogP contribution in [0.25, 0.3) is 33.3 Å². The van der Waals surface area contributed by atoms with E-state index < -0.39 is 0 Å². The fourth-order valence-electron chi connectivity index (χ4n) is 4.80. The smallest absolute Gasteiger partial charge is 0.141 e. The molecular formula is C29H24N6O. The number of hydrogen-bond donors (Lipinski definition) is 1. The van der Waals surface area contributed by atoms with Crippen LogP contribution in [-0.4, -0.2) is 24.7 Å². The highest BCUT2D eigenvalue weighted by molar-refractivity contribution is 5.95. The fourth-order valence-corrected chi connectivity index (χ4v) is 4.80. The monoisotopic (exact) mass is 472 g/mol. The quantitative estimate of drug-likeness (QED) is 0.331. The highest BCUT2D eigenvalue weighted by Crippen LogP contribution is 2.38. The van der Waals surface area contributed by atoms with E-state index >= 15 is 0 Å². The second-order valence-electron chi connectivity index (χ2n) is 8.78. The molecule has 0 spiro atoms. The number of aryl methyl sites for hydroxylation is 2. The van der Waals surface area contributed by atoms with Crippen LogP contribution < -0.4 is 5.73 Å². The average Bonchev–Trinajstić information content (AvgIpc) is 3.45. The third-order valence-corrected chi connectivity index (χ3v) is 6.45. The van der Waals surface area contributed by atoms with Gasteiger partial charge in [0.15, 0.2) is 0 Å². The van der Waals surface area contributed by atoms with Crippen LogP contribution in [0.4, 0.5) is 5.82 Å². The summed E-state index contributed by atoms with van der Waals surface area (Å²) in [6.07, 6.45) is 7.63. The Morgan fingerprint density at radius 2 is 1.67 bits per heavy atom. The Labute approximate surface area is 208 Å². The van der Waals surface area contributed by atoms with Crippen molar-refractivity contribution in [1.29, 1.82) is 0 Å². The third kappa shape index (κ3) is 3.71. The van der Waals surface area contributed by atoms with Crippen molar-refractivity contribution in [2.24, 2.45) is 0 Å². The molecule has 5 aromatic heterocycles. The number of anilines is 1. The summed E-state index contributed by atoms with van der Waals surface area (Å²) in [5.74, 6) is 1.24. The van der Waals surface area contributed by atoms with Gasteiger partial charge in [-0.3, -0.25) is 9.97 Å². The fraction of sp³-hybridized carbons (Fsp3) is 0.103. The predicted molar refractivity (Wildman–Crippen MR) is 140 cm³/mol. The van der Waals surface area contributed by atoms with Crippen molar-refractivity contribution in [2.45, 2.75) is 19.9 Å². The minimum Gasteiger partial charge on any atom is -0.384 e. The lowest BCUT2D eigenvalue weighted by Gasteiger charge is -2.20. The molecule has 6 aromatic rings. The molecule has 2 N–H and O–H groups in total. The minimum atomic E-state index is -0.160. The Bertz CT molecular complexity index is 1590. The predicted octanol–water partition coefficient (Wildman–Crippen LogP) is 5.99. The van der Waals surface area contributed by atoms with Crippen molar-refractivity contribution in [2.75, 3.05) is 5.73 Å². The first-order chi connectivity index (χ1) is 17.6. The number of rotatable bonds is 5. The second kappa shape index (κ2) is 8.78. The van der Waals surface area contributed by atoms with Gasteiger partial charge in [-0.05, 0) is 49.7 Å². The molecule has 0 aliphatic heterocycles. The molecule has 0 bridgehead atoms. The van der Waals surface area contributed by atoms with Crippen molar-refractivity contribution in [1.82, 2.24) is 24.7 Å². The van der Waals surface area contributed by atoms with Crippen LogP contribution in [0.1, 0.15) is 28.8 Å².